The summed E-state index contributed by atoms with van der Waals surface area (Å²) in [4.78, 5) is 12.0. The smallest absolute Gasteiger partial charge is 0.290 e. The molecular formula is C14H14ClF3N2O. The Balaban J connectivity index is 2.51. The van der Waals surface area contributed by atoms with Crippen LogP contribution in [0.15, 0.2) is 23.0 Å². The Kier molecular flexibility index (Phi) is 3.93. The Morgan fingerprint density at radius 3 is 2.38 bits per heavy atom. The Bertz CT molecular complexity index is 731. The van der Waals surface area contributed by atoms with Crippen molar-refractivity contribution in [3.05, 3.63) is 56.0 Å². The summed E-state index contributed by atoms with van der Waals surface area (Å²) in [5.41, 5.74) is -0.530. The van der Waals surface area contributed by atoms with Crippen LogP contribution in [-0.2, 0) is 6.18 Å². The Hall–Kier alpha value is -1.69. The minimum atomic E-state index is -4.58. The van der Waals surface area contributed by atoms with Crippen LogP contribution in [0.3, 0.4) is 0 Å². The zero-order valence-electron chi connectivity index (χ0n) is 11.7. The van der Waals surface area contributed by atoms with Crippen LogP contribution in [0.2, 0.25) is 5.02 Å². The van der Waals surface area contributed by atoms with E-state index in [1.807, 2.05) is 6.92 Å². The molecule has 0 aliphatic heterocycles. The van der Waals surface area contributed by atoms with E-state index in [9.17, 15) is 18.0 Å². The van der Waals surface area contributed by atoms with Gasteiger partial charge in [-0.2, -0.15) is 13.2 Å². The number of aromatic nitrogens is 2. The van der Waals surface area contributed by atoms with E-state index in [0.717, 1.165) is 17.2 Å². The highest BCUT2D eigenvalue weighted by atomic mass is 35.5. The van der Waals surface area contributed by atoms with Crippen LogP contribution >= 0.6 is 11.6 Å². The van der Waals surface area contributed by atoms with Gasteiger partial charge in [0.2, 0.25) is 0 Å². The van der Waals surface area contributed by atoms with Crippen molar-refractivity contribution in [3.8, 4) is 0 Å². The normalized spacial score (nSPS) is 13.5. The summed E-state index contributed by atoms with van der Waals surface area (Å²) in [6, 6.07) is 4.57. The predicted octanol–water partition coefficient (Wildman–Crippen LogP) is 4.07. The fourth-order valence-corrected chi connectivity index (χ4v) is 2.30. The monoisotopic (exact) mass is 318 g/mol. The molecule has 0 amide bonds. The van der Waals surface area contributed by atoms with Gasteiger partial charge in [0, 0.05) is 10.6 Å². The van der Waals surface area contributed by atoms with Gasteiger partial charge in [0.05, 0.1) is 6.04 Å². The average Bonchev–Trinajstić information content (AvgIpc) is 2.69. The van der Waals surface area contributed by atoms with Gasteiger partial charge in [-0.25, -0.2) is 4.68 Å². The number of H-pyrrole nitrogens is 1. The highest BCUT2D eigenvalue weighted by Gasteiger charge is 2.36. The van der Waals surface area contributed by atoms with E-state index in [4.69, 9.17) is 11.6 Å². The van der Waals surface area contributed by atoms with Gasteiger partial charge in [0.25, 0.3) is 5.56 Å². The van der Waals surface area contributed by atoms with Crippen molar-refractivity contribution >= 4 is 11.6 Å². The molecule has 0 radical (unpaired) electrons. The molecule has 0 aliphatic rings. The SMILES string of the molecule is Cc1ccc(C(C)n2[nH]c(C(F)(F)F)c(C)c2=O)cc1Cl. The number of hydrogen-bond donors (Lipinski definition) is 1. The minimum absolute atomic E-state index is 0.340. The number of aryl methyl sites for hydroxylation is 1. The van der Waals surface area contributed by atoms with Crippen molar-refractivity contribution in [2.45, 2.75) is 33.0 Å². The standard InChI is InChI=1S/C14H14ClF3N2O/c1-7-4-5-10(6-11(7)15)9(3)20-13(21)8(2)12(19-20)14(16,17)18/h4-6,9,19H,1-3H3. The lowest BCUT2D eigenvalue weighted by Crippen LogP contribution is -2.22. The summed E-state index contributed by atoms with van der Waals surface area (Å²) in [6.45, 7) is 4.62. The van der Waals surface area contributed by atoms with E-state index in [-0.39, 0.29) is 5.56 Å². The molecule has 114 valence electrons. The van der Waals surface area contributed by atoms with Crippen LogP contribution in [-0.4, -0.2) is 9.78 Å². The molecule has 1 heterocycles. The van der Waals surface area contributed by atoms with Crippen LogP contribution in [0, 0.1) is 13.8 Å². The summed E-state index contributed by atoms with van der Waals surface area (Å²) in [7, 11) is 0. The van der Waals surface area contributed by atoms with E-state index in [1.54, 1.807) is 25.1 Å². The van der Waals surface area contributed by atoms with E-state index in [1.165, 1.54) is 0 Å². The maximum absolute atomic E-state index is 12.8. The Morgan fingerprint density at radius 2 is 1.90 bits per heavy atom. The quantitative estimate of drug-likeness (QED) is 0.890. The first kappa shape index (κ1) is 15.7. The topological polar surface area (TPSA) is 37.8 Å². The number of rotatable bonds is 2. The molecule has 1 atom stereocenters. The summed E-state index contributed by atoms with van der Waals surface area (Å²) < 4.78 is 39.4. The number of halogens is 4. The van der Waals surface area contributed by atoms with Gasteiger partial charge in [0.1, 0.15) is 5.69 Å². The van der Waals surface area contributed by atoms with Crippen LogP contribution in [0.1, 0.15) is 35.3 Å². The van der Waals surface area contributed by atoms with Gasteiger partial charge >= 0.3 is 6.18 Å². The van der Waals surface area contributed by atoms with Crippen molar-refractivity contribution < 1.29 is 13.2 Å². The lowest BCUT2D eigenvalue weighted by molar-refractivity contribution is -0.142. The van der Waals surface area contributed by atoms with Crippen LogP contribution < -0.4 is 5.56 Å². The van der Waals surface area contributed by atoms with Gasteiger partial charge in [-0.1, -0.05) is 23.7 Å². The number of hydrogen-bond acceptors (Lipinski definition) is 1. The molecule has 1 aromatic carbocycles. The number of nitrogens with zero attached hydrogens (tertiary/aromatic N) is 1. The first-order valence-corrected chi connectivity index (χ1v) is 6.65. The van der Waals surface area contributed by atoms with Gasteiger partial charge in [0.15, 0.2) is 0 Å². The molecule has 0 saturated carbocycles. The highest BCUT2D eigenvalue weighted by Crippen LogP contribution is 2.30. The molecule has 3 nitrogen and oxygen atoms in total. The second-order valence-corrected chi connectivity index (χ2v) is 5.38. The first-order chi connectivity index (χ1) is 9.62. The molecule has 1 N–H and O–H groups in total. The van der Waals surface area contributed by atoms with Crippen molar-refractivity contribution in [1.82, 2.24) is 9.78 Å². The highest BCUT2D eigenvalue weighted by molar-refractivity contribution is 6.31. The number of benzene rings is 1. The molecule has 2 rings (SSSR count). The van der Waals surface area contributed by atoms with Crippen LogP contribution in [0.5, 0.6) is 0 Å². The van der Waals surface area contributed by atoms with Crippen LogP contribution in [0.25, 0.3) is 0 Å². The molecule has 0 fully saturated rings. The van der Waals surface area contributed by atoms with Gasteiger partial charge < -0.3 is 0 Å². The van der Waals surface area contributed by atoms with Crippen molar-refractivity contribution in [2.75, 3.05) is 0 Å². The van der Waals surface area contributed by atoms with Crippen LogP contribution in [0.4, 0.5) is 13.2 Å². The lowest BCUT2D eigenvalue weighted by Gasteiger charge is -2.14. The van der Waals surface area contributed by atoms with Crippen molar-refractivity contribution in [1.29, 1.82) is 0 Å². The fourth-order valence-electron chi connectivity index (χ4n) is 2.11. The molecule has 0 bridgehead atoms. The maximum atomic E-state index is 12.8. The molecule has 0 aliphatic carbocycles. The predicted molar refractivity (Wildman–Crippen MR) is 74.8 cm³/mol. The van der Waals surface area contributed by atoms with Gasteiger partial charge in [-0.05, 0) is 38.0 Å². The molecule has 1 unspecified atom stereocenters. The van der Waals surface area contributed by atoms with E-state index in [2.05, 4.69) is 5.10 Å². The Morgan fingerprint density at radius 1 is 1.29 bits per heavy atom. The van der Waals surface area contributed by atoms with Gasteiger partial charge in [-0.15, -0.1) is 0 Å². The average molecular weight is 319 g/mol. The first-order valence-electron chi connectivity index (χ1n) is 6.27. The molecule has 7 heteroatoms. The Labute approximate surface area is 124 Å². The summed E-state index contributed by atoms with van der Waals surface area (Å²) in [5.74, 6) is 0. The minimum Gasteiger partial charge on any atom is -0.290 e. The summed E-state index contributed by atoms with van der Waals surface area (Å²) in [5, 5.41) is 2.66. The van der Waals surface area contributed by atoms with E-state index < -0.39 is 23.5 Å². The zero-order valence-corrected chi connectivity index (χ0v) is 12.4. The molecule has 0 saturated heterocycles. The summed E-state index contributed by atoms with van der Waals surface area (Å²) >= 11 is 6.02. The lowest BCUT2D eigenvalue weighted by atomic mass is 10.1. The third kappa shape index (κ3) is 2.85. The second-order valence-electron chi connectivity index (χ2n) is 4.97. The molecule has 1 aromatic heterocycles. The molecule has 2 aromatic rings. The largest absolute Gasteiger partial charge is 0.433 e. The number of aromatic amines is 1. The maximum Gasteiger partial charge on any atom is 0.433 e. The van der Waals surface area contributed by atoms with Gasteiger partial charge in [-0.3, -0.25) is 9.89 Å². The third-order valence-corrected chi connectivity index (χ3v) is 3.90. The number of nitrogens with one attached hydrogen (secondary N) is 1. The number of alkyl halides is 3. The second kappa shape index (κ2) is 5.26. The fraction of sp³-hybridized carbons (Fsp3) is 0.357. The zero-order chi connectivity index (χ0) is 15.9. The molecule has 0 spiro atoms. The molecule has 21 heavy (non-hydrogen) atoms. The van der Waals surface area contributed by atoms with E-state index in [0.29, 0.717) is 10.6 Å². The van der Waals surface area contributed by atoms with E-state index >= 15 is 0 Å². The third-order valence-electron chi connectivity index (χ3n) is 3.50. The van der Waals surface area contributed by atoms with Crippen molar-refractivity contribution in [2.24, 2.45) is 0 Å². The van der Waals surface area contributed by atoms with Crippen molar-refractivity contribution in [3.63, 3.8) is 0 Å². The molecular weight excluding hydrogens is 305 g/mol. The summed E-state index contributed by atoms with van der Waals surface area (Å²) in [6.07, 6.45) is -4.58.